The predicted octanol–water partition coefficient (Wildman–Crippen LogP) is 4.09. The molecule has 0 amide bonds. The van der Waals surface area contributed by atoms with Crippen molar-refractivity contribution >= 4 is 32.9 Å². The lowest BCUT2D eigenvalue weighted by molar-refractivity contribution is 0.529. The molecule has 2 unspecified atom stereocenters. The van der Waals surface area contributed by atoms with Crippen LogP contribution in [0.25, 0.3) is 5.65 Å². The Labute approximate surface area is 143 Å². The van der Waals surface area contributed by atoms with Gasteiger partial charge in [-0.15, -0.1) is 4.72 Å². The van der Waals surface area contributed by atoms with Crippen LogP contribution in [0.2, 0.25) is 0 Å². The van der Waals surface area contributed by atoms with E-state index in [0.717, 1.165) is 15.8 Å². The second-order valence-corrected chi connectivity index (χ2v) is 9.87. The summed E-state index contributed by atoms with van der Waals surface area (Å²) in [6.07, 6.45) is 6.76. The molecule has 1 fully saturated rings. The Bertz CT molecular complexity index is 690. The minimum atomic E-state index is -1.11. The van der Waals surface area contributed by atoms with Gasteiger partial charge in [0.05, 0.1) is 16.2 Å². The normalized spacial score (nSPS) is 18.6. The third-order valence-corrected chi connectivity index (χ3v) is 6.14. The molecule has 6 heteroatoms. The summed E-state index contributed by atoms with van der Waals surface area (Å²) in [6, 6.07) is 2.12. The first-order valence-electron chi connectivity index (χ1n) is 7.62. The molecule has 1 N–H and O–H groups in total. The van der Waals surface area contributed by atoms with Crippen molar-refractivity contribution in [2.24, 2.45) is 0 Å². The molecule has 1 aliphatic carbocycles. The SMILES string of the molecule is CC(N[S+]([O-])C(C)(C)C)c1cn2cc(C3CC3)cc(Br)c2n1. The molecule has 1 saturated carbocycles. The van der Waals surface area contributed by atoms with E-state index in [9.17, 15) is 4.55 Å². The van der Waals surface area contributed by atoms with Gasteiger partial charge in [0, 0.05) is 23.8 Å². The first-order chi connectivity index (χ1) is 10.3. The van der Waals surface area contributed by atoms with Crippen molar-refractivity contribution in [1.82, 2.24) is 14.1 Å². The van der Waals surface area contributed by atoms with Crippen LogP contribution in [0.3, 0.4) is 0 Å². The molecule has 3 rings (SSSR count). The zero-order valence-corrected chi connectivity index (χ0v) is 15.8. The highest BCUT2D eigenvalue weighted by Crippen LogP contribution is 2.41. The summed E-state index contributed by atoms with van der Waals surface area (Å²) in [6.45, 7) is 7.89. The Morgan fingerprint density at radius 2 is 2.09 bits per heavy atom. The van der Waals surface area contributed by atoms with Gasteiger partial charge in [-0.3, -0.25) is 0 Å². The molecular weight excluding hydrogens is 362 g/mol. The zero-order valence-electron chi connectivity index (χ0n) is 13.4. The van der Waals surface area contributed by atoms with E-state index in [1.54, 1.807) is 0 Å². The molecule has 1 aliphatic rings. The molecule has 0 spiro atoms. The molecule has 0 aliphatic heterocycles. The monoisotopic (exact) mass is 383 g/mol. The molecule has 0 aromatic carbocycles. The van der Waals surface area contributed by atoms with Crippen molar-refractivity contribution in [1.29, 1.82) is 0 Å². The Kier molecular flexibility index (Phi) is 4.31. The van der Waals surface area contributed by atoms with E-state index < -0.39 is 11.4 Å². The lowest BCUT2D eigenvalue weighted by atomic mass is 10.2. The van der Waals surface area contributed by atoms with Crippen LogP contribution < -0.4 is 4.72 Å². The van der Waals surface area contributed by atoms with Gasteiger partial charge in [-0.05, 0) is 74.0 Å². The Morgan fingerprint density at radius 1 is 1.41 bits per heavy atom. The van der Waals surface area contributed by atoms with Crippen LogP contribution in [-0.2, 0) is 11.4 Å². The number of pyridine rings is 1. The highest BCUT2D eigenvalue weighted by Gasteiger charge is 2.29. The van der Waals surface area contributed by atoms with E-state index in [0.29, 0.717) is 5.92 Å². The van der Waals surface area contributed by atoms with Gasteiger partial charge in [-0.25, -0.2) is 4.98 Å². The van der Waals surface area contributed by atoms with Crippen molar-refractivity contribution in [3.63, 3.8) is 0 Å². The number of fused-ring (bicyclic) bond motifs is 1. The second-order valence-electron chi connectivity index (χ2n) is 7.01. The van der Waals surface area contributed by atoms with E-state index >= 15 is 0 Å². The number of imidazole rings is 1. The second kappa shape index (κ2) is 5.82. The molecule has 120 valence electrons. The smallest absolute Gasteiger partial charge is 0.151 e. The number of aromatic nitrogens is 2. The summed E-state index contributed by atoms with van der Waals surface area (Å²) < 4.78 is 18.2. The lowest BCUT2D eigenvalue weighted by Crippen LogP contribution is -2.40. The summed E-state index contributed by atoms with van der Waals surface area (Å²) >= 11 is 2.52. The third kappa shape index (κ3) is 3.35. The standard InChI is InChI=1S/C16H22BrN3OS/c1-10(19-22(21)16(2,3)4)14-9-20-8-12(11-5-6-11)7-13(17)15(20)18-14/h7-11,19H,5-6H2,1-4H3. The van der Waals surface area contributed by atoms with Crippen molar-refractivity contribution in [3.8, 4) is 0 Å². The predicted molar refractivity (Wildman–Crippen MR) is 94.3 cm³/mol. The molecule has 2 aromatic rings. The average molecular weight is 384 g/mol. The van der Waals surface area contributed by atoms with Crippen LogP contribution >= 0.6 is 15.9 Å². The van der Waals surface area contributed by atoms with Crippen LogP contribution in [0.4, 0.5) is 0 Å². The molecule has 0 radical (unpaired) electrons. The first kappa shape index (κ1) is 16.3. The van der Waals surface area contributed by atoms with Gasteiger partial charge in [-0.1, -0.05) is 0 Å². The topological polar surface area (TPSA) is 52.4 Å². The van der Waals surface area contributed by atoms with Crippen LogP contribution in [0.5, 0.6) is 0 Å². The first-order valence-corrected chi connectivity index (χ1v) is 9.56. The van der Waals surface area contributed by atoms with Gasteiger partial charge in [0.1, 0.15) is 4.75 Å². The zero-order chi connectivity index (χ0) is 16.1. The molecule has 22 heavy (non-hydrogen) atoms. The van der Waals surface area contributed by atoms with Crippen LogP contribution in [0.15, 0.2) is 22.9 Å². The van der Waals surface area contributed by atoms with Gasteiger partial charge < -0.3 is 8.95 Å². The largest absolute Gasteiger partial charge is 0.598 e. The van der Waals surface area contributed by atoms with E-state index in [4.69, 9.17) is 0 Å². The molecule has 0 bridgehead atoms. The Morgan fingerprint density at radius 3 is 2.68 bits per heavy atom. The molecule has 2 heterocycles. The Balaban J connectivity index is 1.86. The van der Waals surface area contributed by atoms with E-state index in [2.05, 4.69) is 42.3 Å². The maximum absolute atomic E-state index is 12.2. The quantitative estimate of drug-likeness (QED) is 0.808. The Hall–Kier alpha value is -0.560. The lowest BCUT2D eigenvalue weighted by Gasteiger charge is -2.25. The van der Waals surface area contributed by atoms with Gasteiger partial charge in [0.2, 0.25) is 0 Å². The molecule has 4 nitrogen and oxygen atoms in total. The van der Waals surface area contributed by atoms with E-state index in [1.165, 1.54) is 18.4 Å². The number of nitrogens with zero attached hydrogens (tertiary/aromatic N) is 2. The van der Waals surface area contributed by atoms with Gasteiger partial charge >= 0.3 is 0 Å². The van der Waals surface area contributed by atoms with E-state index in [1.807, 2.05) is 33.9 Å². The minimum Gasteiger partial charge on any atom is -0.598 e. The maximum Gasteiger partial charge on any atom is 0.151 e. The fourth-order valence-corrected chi connectivity index (χ4v) is 3.70. The number of rotatable bonds is 4. The number of halogens is 1. The highest BCUT2D eigenvalue weighted by atomic mass is 79.9. The molecule has 0 saturated heterocycles. The van der Waals surface area contributed by atoms with Crippen molar-refractivity contribution < 1.29 is 4.55 Å². The van der Waals surface area contributed by atoms with E-state index in [-0.39, 0.29) is 10.8 Å². The van der Waals surface area contributed by atoms with Gasteiger partial charge in [0.25, 0.3) is 0 Å². The van der Waals surface area contributed by atoms with Crippen LogP contribution in [-0.4, -0.2) is 18.7 Å². The fourth-order valence-electron chi connectivity index (χ4n) is 2.34. The molecule has 2 atom stereocenters. The fraction of sp³-hybridized carbons (Fsp3) is 0.562. The van der Waals surface area contributed by atoms with Gasteiger partial charge in [-0.2, -0.15) is 0 Å². The van der Waals surface area contributed by atoms with Crippen molar-refractivity contribution in [2.45, 2.75) is 57.2 Å². The summed E-state index contributed by atoms with van der Waals surface area (Å²) in [4.78, 5) is 4.69. The third-order valence-electron chi connectivity index (χ3n) is 3.88. The number of hydrogen-bond donors (Lipinski definition) is 1. The highest BCUT2D eigenvalue weighted by molar-refractivity contribution is 9.10. The van der Waals surface area contributed by atoms with Gasteiger partial charge in [0.15, 0.2) is 5.65 Å². The van der Waals surface area contributed by atoms with Crippen LogP contribution in [0, 0.1) is 0 Å². The summed E-state index contributed by atoms with van der Waals surface area (Å²) in [5.74, 6) is 0.704. The average Bonchev–Trinajstić information content (AvgIpc) is 3.17. The summed E-state index contributed by atoms with van der Waals surface area (Å²) in [7, 11) is 0. The maximum atomic E-state index is 12.2. The summed E-state index contributed by atoms with van der Waals surface area (Å²) in [5, 5.41) is 0. The molecular formula is C16H22BrN3OS. The number of nitrogens with one attached hydrogen (secondary N) is 1. The summed E-state index contributed by atoms with van der Waals surface area (Å²) in [5.41, 5.74) is 3.18. The van der Waals surface area contributed by atoms with Crippen molar-refractivity contribution in [3.05, 3.63) is 34.2 Å². The number of hydrogen-bond acceptors (Lipinski definition) is 3. The minimum absolute atomic E-state index is 0.0590. The molecule has 2 aromatic heterocycles. The van der Waals surface area contributed by atoms with Crippen molar-refractivity contribution in [2.75, 3.05) is 0 Å². The van der Waals surface area contributed by atoms with Crippen LogP contribution in [0.1, 0.15) is 63.8 Å².